The normalized spacial score (nSPS) is 13.8. The van der Waals surface area contributed by atoms with E-state index in [0.717, 1.165) is 11.1 Å². The van der Waals surface area contributed by atoms with Crippen LogP contribution in [0.15, 0.2) is 70.3 Å². The van der Waals surface area contributed by atoms with Gasteiger partial charge in [0.2, 0.25) is 17.6 Å². The van der Waals surface area contributed by atoms with Gasteiger partial charge in [-0.25, -0.2) is 5.01 Å². The van der Waals surface area contributed by atoms with E-state index in [2.05, 4.69) is 15.2 Å². The van der Waals surface area contributed by atoms with Crippen molar-refractivity contribution >= 4 is 17.5 Å². The molecule has 1 aromatic heterocycles. The van der Waals surface area contributed by atoms with E-state index in [-0.39, 0.29) is 30.7 Å². The van der Waals surface area contributed by atoms with Crippen LogP contribution in [0, 0.1) is 0 Å². The van der Waals surface area contributed by atoms with Crippen molar-refractivity contribution in [2.45, 2.75) is 26.3 Å². The molecule has 0 fully saturated rings. The van der Waals surface area contributed by atoms with E-state index in [1.807, 2.05) is 67.6 Å². The van der Waals surface area contributed by atoms with Crippen LogP contribution in [-0.2, 0) is 16.1 Å². The van der Waals surface area contributed by atoms with Gasteiger partial charge in [-0.05, 0) is 12.5 Å². The summed E-state index contributed by atoms with van der Waals surface area (Å²) in [6.45, 7) is 2.81. The predicted molar refractivity (Wildman–Crippen MR) is 115 cm³/mol. The van der Waals surface area contributed by atoms with E-state index < -0.39 is 0 Å². The highest BCUT2D eigenvalue weighted by atomic mass is 16.5. The minimum Gasteiger partial charge on any atom is -0.337 e. The first-order chi connectivity index (χ1) is 15.1. The largest absolute Gasteiger partial charge is 0.337 e. The van der Waals surface area contributed by atoms with Crippen molar-refractivity contribution in [1.82, 2.24) is 20.0 Å². The fourth-order valence-electron chi connectivity index (χ4n) is 3.33. The second-order valence-corrected chi connectivity index (χ2v) is 7.18. The molecule has 2 amide bonds. The molecule has 0 saturated heterocycles. The molecule has 0 saturated carbocycles. The van der Waals surface area contributed by atoms with Crippen LogP contribution in [0.1, 0.15) is 31.2 Å². The lowest BCUT2D eigenvalue weighted by Crippen LogP contribution is -2.42. The number of hydrogen-bond acceptors (Lipinski definition) is 6. The van der Waals surface area contributed by atoms with E-state index in [4.69, 9.17) is 4.52 Å². The van der Waals surface area contributed by atoms with Crippen LogP contribution in [-0.4, -0.2) is 50.7 Å². The van der Waals surface area contributed by atoms with Gasteiger partial charge < -0.3 is 9.42 Å². The Hall–Kier alpha value is -3.81. The second kappa shape index (κ2) is 9.34. The Morgan fingerprint density at radius 2 is 1.77 bits per heavy atom. The Balaban J connectivity index is 1.48. The van der Waals surface area contributed by atoms with Crippen LogP contribution in [0.4, 0.5) is 0 Å². The van der Waals surface area contributed by atoms with Gasteiger partial charge in [0.25, 0.3) is 5.89 Å². The molecule has 0 aliphatic carbocycles. The van der Waals surface area contributed by atoms with E-state index >= 15 is 0 Å². The van der Waals surface area contributed by atoms with Crippen molar-refractivity contribution in [1.29, 1.82) is 0 Å². The van der Waals surface area contributed by atoms with Crippen molar-refractivity contribution in [2.75, 3.05) is 13.1 Å². The summed E-state index contributed by atoms with van der Waals surface area (Å²) in [5, 5.41) is 9.58. The molecule has 0 bridgehead atoms. The van der Waals surface area contributed by atoms with Crippen molar-refractivity contribution in [2.24, 2.45) is 5.10 Å². The summed E-state index contributed by atoms with van der Waals surface area (Å²) < 4.78 is 5.37. The maximum atomic E-state index is 12.8. The van der Waals surface area contributed by atoms with Gasteiger partial charge in [0.05, 0.1) is 0 Å². The average Bonchev–Trinajstić information content (AvgIpc) is 3.30. The Labute approximate surface area is 180 Å². The Kier molecular flexibility index (Phi) is 6.16. The van der Waals surface area contributed by atoms with Gasteiger partial charge in [0.1, 0.15) is 12.3 Å². The van der Waals surface area contributed by atoms with Crippen molar-refractivity contribution in [3.63, 3.8) is 0 Å². The number of rotatable bonds is 7. The third kappa shape index (κ3) is 4.85. The Morgan fingerprint density at radius 1 is 1.06 bits per heavy atom. The Bertz CT molecular complexity index is 1080. The fraction of sp³-hybridized carbons (Fsp3) is 0.261. The third-order valence-corrected chi connectivity index (χ3v) is 5.05. The zero-order valence-electron chi connectivity index (χ0n) is 17.3. The number of carbonyl (C=O) groups excluding carboxylic acids is 2. The molecule has 31 heavy (non-hydrogen) atoms. The quantitative estimate of drug-likeness (QED) is 0.589. The zero-order chi connectivity index (χ0) is 21.6. The highest BCUT2D eigenvalue weighted by molar-refractivity contribution is 6.01. The molecular formula is C23H23N5O3. The fourth-order valence-corrected chi connectivity index (χ4v) is 3.33. The van der Waals surface area contributed by atoms with Crippen molar-refractivity contribution < 1.29 is 14.1 Å². The highest BCUT2D eigenvalue weighted by Gasteiger charge is 2.27. The lowest BCUT2D eigenvalue weighted by molar-refractivity contribution is -0.141. The number of nitrogens with zero attached hydrogens (tertiary/aromatic N) is 5. The number of benzene rings is 2. The van der Waals surface area contributed by atoms with Gasteiger partial charge in [-0.3, -0.25) is 9.59 Å². The molecule has 8 heteroatoms. The topological polar surface area (TPSA) is 91.9 Å². The summed E-state index contributed by atoms with van der Waals surface area (Å²) in [7, 11) is 0. The van der Waals surface area contributed by atoms with Crippen molar-refractivity contribution in [3.8, 4) is 11.4 Å². The highest BCUT2D eigenvalue weighted by Crippen LogP contribution is 2.19. The van der Waals surface area contributed by atoms with E-state index in [9.17, 15) is 9.59 Å². The lowest BCUT2D eigenvalue weighted by atomic mass is 10.1. The predicted octanol–water partition coefficient (Wildman–Crippen LogP) is 3.11. The zero-order valence-corrected chi connectivity index (χ0v) is 17.3. The number of hydrogen-bond donors (Lipinski definition) is 0. The summed E-state index contributed by atoms with van der Waals surface area (Å²) in [5.41, 5.74) is 2.37. The molecule has 0 radical (unpaired) electrons. The molecule has 2 aromatic carbocycles. The molecule has 158 valence electrons. The molecule has 4 rings (SSSR count). The van der Waals surface area contributed by atoms with E-state index in [1.54, 1.807) is 4.90 Å². The van der Waals surface area contributed by atoms with Crippen LogP contribution in [0.5, 0.6) is 0 Å². The molecule has 1 aliphatic heterocycles. The summed E-state index contributed by atoms with van der Waals surface area (Å²) in [6.07, 6.45) is 0.626. The minimum absolute atomic E-state index is 0.122. The summed E-state index contributed by atoms with van der Waals surface area (Å²) in [4.78, 5) is 31.3. The van der Waals surface area contributed by atoms with Gasteiger partial charge in [-0.15, -0.1) is 0 Å². The molecule has 2 heterocycles. The minimum atomic E-state index is -0.198. The van der Waals surface area contributed by atoms with Gasteiger partial charge >= 0.3 is 0 Å². The Morgan fingerprint density at radius 3 is 2.48 bits per heavy atom. The molecule has 3 aromatic rings. The summed E-state index contributed by atoms with van der Waals surface area (Å²) in [5.74, 6) is 0.356. The first-order valence-electron chi connectivity index (χ1n) is 10.2. The van der Waals surface area contributed by atoms with Crippen LogP contribution < -0.4 is 0 Å². The SMILES string of the molecule is CCN(Cc1ccccc1)C(=O)CN1N=C(c2nc(-c3ccccc3)no2)CCC1=O. The molecule has 0 atom stereocenters. The molecular weight excluding hydrogens is 394 g/mol. The number of hydrazone groups is 1. The van der Waals surface area contributed by atoms with Crippen LogP contribution in [0.25, 0.3) is 11.4 Å². The average molecular weight is 417 g/mol. The molecule has 0 N–H and O–H groups in total. The number of carbonyl (C=O) groups is 2. The smallest absolute Gasteiger partial charge is 0.274 e. The first-order valence-corrected chi connectivity index (χ1v) is 10.2. The first kappa shape index (κ1) is 20.5. The number of aromatic nitrogens is 2. The molecule has 1 aliphatic rings. The van der Waals surface area contributed by atoms with Gasteiger partial charge in [-0.2, -0.15) is 10.1 Å². The van der Waals surface area contributed by atoms with Crippen LogP contribution in [0.3, 0.4) is 0 Å². The lowest BCUT2D eigenvalue weighted by Gasteiger charge is -2.26. The van der Waals surface area contributed by atoms with Gasteiger partial charge in [-0.1, -0.05) is 65.8 Å². The van der Waals surface area contributed by atoms with Gasteiger partial charge in [0.15, 0.2) is 0 Å². The third-order valence-electron chi connectivity index (χ3n) is 5.05. The van der Waals surface area contributed by atoms with Crippen LogP contribution >= 0.6 is 0 Å². The summed E-state index contributed by atoms with van der Waals surface area (Å²) in [6, 6.07) is 19.2. The number of likely N-dealkylation sites (N-methyl/N-ethyl adjacent to an activating group) is 1. The molecule has 0 spiro atoms. The number of amides is 2. The maximum absolute atomic E-state index is 12.8. The summed E-state index contributed by atoms with van der Waals surface area (Å²) >= 11 is 0. The molecule has 0 unspecified atom stereocenters. The standard InChI is InChI=1S/C23H23N5O3/c1-2-27(15-17-9-5-3-6-10-17)21(30)16-28-20(29)14-13-19(25-28)23-24-22(26-31-23)18-11-7-4-8-12-18/h3-12H,2,13-16H2,1H3. The van der Waals surface area contributed by atoms with Crippen molar-refractivity contribution in [3.05, 3.63) is 72.1 Å². The van der Waals surface area contributed by atoms with Gasteiger partial charge in [0, 0.05) is 31.5 Å². The molecule has 8 nitrogen and oxygen atoms in total. The second-order valence-electron chi connectivity index (χ2n) is 7.18. The monoisotopic (exact) mass is 417 g/mol. The van der Waals surface area contributed by atoms with E-state index in [1.165, 1.54) is 5.01 Å². The van der Waals surface area contributed by atoms with Crippen LogP contribution in [0.2, 0.25) is 0 Å². The maximum Gasteiger partial charge on any atom is 0.274 e. The van der Waals surface area contributed by atoms with E-state index in [0.29, 0.717) is 31.0 Å².